The number of nitrogens with one attached hydrogen (secondary N) is 1. The number of halogens is 1. The number of fused-ring (bicyclic) bond motifs is 3. The molecular formula is C23H17ClN2O5S. The fourth-order valence-electron chi connectivity index (χ4n) is 3.81. The van der Waals surface area contributed by atoms with Gasteiger partial charge in [0.1, 0.15) is 27.7 Å². The molecule has 0 aliphatic rings. The van der Waals surface area contributed by atoms with Crippen LogP contribution in [0, 0.1) is 0 Å². The Morgan fingerprint density at radius 3 is 2.25 bits per heavy atom. The number of aromatic hydroxyl groups is 2. The van der Waals surface area contributed by atoms with E-state index in [1.807, 2.05) is 30.3 Å². The number of H-pyrrole nitrogens is 1. The summed E-state index contributed by atoms with van der Waals surface area (Å²) < 4.78 is 33.6. The third kappa shape index (κ3) is 3.44. The van der Waals surface area contributed by atoms with Crippen molar-refractivity contribution in [3.8, 4) is 34.0 Å². The van der Waals surface area contributed by atoms with Gasteiger partial charge in [-0.3, -0.25) is 4.55 Å². The number of hydrogen-bond donors (Lipinski definition) is 4. The smallest absolute Gasteiger partial charge is 0.295 e. The molecule has 0 aliphatic heterocycles. The zero-order valence-corrected chi connectivity index (χ0v) is 18.0. The van der Waals surface area contributed by atoms with Gasteiger partial charge >= 0.3 is 0 Å². The molecule has 0 amide bonds. The quantitative estimate of drug-likeness (QED) is 0.272. The second kappa shape index (κ2) is 7.83. The fourth-order valence-corrected chi connectivity index (χ4v) is 4.53. The van der Waals surface area contributed by atoms with Gasteiger partial charge < -0.3 is 15.2 Å². The molecule has 4 N–H and O–H groups in total. The number of imidazole rings is 1. The maximum absolute atomic E-state index is 11.9. The number of rotatable bonds is 3. The molecule has 0 fully saturated rings. The summed E-state index contributed by atoms with van der Waals surface area (Å²) in [5.74, 6) is 0.131. The van der Waals surface area contributed by atoms with Gasteiger partial charge in [-0.15, -0.1) is 12.4 Å². The van der Waals surface area contributed by atoms with Gasteiger partial charge in [-0.05, 0) is 23.8 Å². The van der Waals surface area contributed by atoms with E-state index >= 15 is 0 Å². The van der Waals surface area contributed by atoms with Crippen molar-refractivity contribution in [2.45, 2.75) is 4.90 Å². The van der Waals surface area contributed by atoms with E-state index in [-0.39, 0.29) is 39.6 Å². The Bertz CT molecular complexity index is 1580. The molecule has 5 aromatic rings. The summed E-state index contributed by atoms with van der Waals surface area (Å²) in [6.07, 6.45) is 0. The summed E-state index contributed by atoms with van der Waals surface area (Å²) in [5.41, 5.74) is 2.47. The lowest BCUT2D eigenvalue weighted by atomic mass is 10.0. The lowest BCUT2D eigenvalue weighted by Gasteiger charge is -2.08. The van der Waals surface area contributed by atoms with Gasteiger partial charge in [-0.25, -0.2) is 4.98 Å². The van der Waals surface area contributed by atoms with Gasteiger partial charge in [-0.1, -0.05) is 54.6 Å². The second-order valence-electron chi connectivity index (χ2n) is 7.10. The average Bonchev–Trinajstić information content (AvgIpc) is 3.17. The van der Waals surface area contributed by atoms with Crippen LogP contribution in [-0.2, 0) is 10.1 Å². The number of benzene rings is 4. The molecule has 1 aromatic heterocycles. The van der Waals surface area contributed by atoms with Crippen molar-refractivity contribution < 1.29 is 23.2 Å². The molecule has 0 bridgehead atoms. The van der Waals surface area contributed by atoms with Gasteiger partial charge in [0, 0.05) is 10.9 Å². The van der Waals surface area contributed by atoms with Crippen molar-refractivity contribution in [1.29, 1.82) is 0 Å². The normalized spacial score (nSPS) is 11.5. The highest BCUT2D eigenvalue weighted by Gasteiger charge is 2.22. The summed E-state index contributed by atoms with van der Waals surface area (Å²) >= 11 is 0. The highest BCUT2D eigenvalue weighted by Crippen LogP contribution is 2.40. The van der Waals surface area contributed by atoms with E-state index in [1.165, 1.54) is 24.3 Å². The van der Waals surface area contributed by atoms with Crippen LogP contribution >= 0.6 is 12.4 Å². The molecule has 162 valence electrons. The molecule has 0 atom stereocenters. The lowest BCUT2D eigenvalue weighted by Crippen LogP contribution is -1.99. The molecule has 32 heavy (non-hydrogen) atoms. The highest BCUT2D eigenvalue weighted by atomic mass is 35.5. The number of phenols is 2. The first-order valence-corrected chi connectivity index (χ1v) is 10.8. The number of para-hydroxylation sites is 1. The zero-order valence-electron chi connectivity index (χ0n) is 16.4. The van der Waals surface area contributed by atoms with Crippen molar-refractivity contribution in [2.75, 3.05) is 0 Å². The van der Waals surface area contributed by atoms with Crippen LogP contribution in [0.5, 0.6) is 11.5 Å². The van der Waals surface area contributed by atoms with Crippen LogP contribution in [0.3, 0.4) is 0 Å². The van der Waals surface area contributed by atoms with Crippen LogP contribution in [-0.4, -0.2) is 33.2 Å². The predicted molar refractivity (Wildman–Crippen MR) is 125 cm³/mol. The van der Waals surface area contributed by atoms with Gasteiger partial charge in [0.15, 0.2) is 0 Å². The minimum Gasteiger partial charge on any atom is -0.507 e. The summed E-state index contributed by atoms with van der Waals surface area (Å²) in [6.45, 7) is 0. The highest BCUT2D eigenvalue weighted by molar-refractivity contribution is 7.86. The first-order valence-electron chi connectivity index (χ1n) is 9.34. The number of aromatic nitrogens is 2. The number of hydrogen-bond acceptors (Lipinski definition) is 5. The molecule has 0 aliphatic carbocycles. The maximum Gasteiger partial charge on any atom is 0.295 e. The van der Waals surface area contributed by atoms with E-state index in [9.17, 15) is 23.2 Å². The Kier molecular flexibility index (Phi) is 5.29. The molecule has 0 saturated heterocycles. The Morgan fingerprint density at radius 1 is 0.844 bits per heavy atom. The third-order valence-electron chi connectivity index (χ3n) is 5.21. The summed E-state index contributed by atoms with van der Waals surface area (Å²) in [5, 5.41) is 21.7. The number of aromatic amines is 1. The van der Waals surface area contributed by atoms with Crippen molar-refractivity contribution in [3.05, 3.63) is 72.8 Å². The minimum absolute atomic E-state index is 0. The zero-order chi connectivity index (χ0) is 21.8. The van der Waals surface area contributed by atoms with E-state index in [4.69, 9.17) is 0 Å². The van der Waals surface area contributed by atoms with Crippen molar-refractivity contribution in [1.82, 2.24) is 9.97 Å². The summed E-state index contributed by atoms with van der Waals surface area (Å²) in [6, 6.07) is 20.3. The van der Waals surface area contributed by atoms with Gasteiger partial charge in [0.2, 0.25) is 0 Å². The predicted octanol–water partition coefficient (Wildman–Crippen LogP) is 5.13. The van der Waals surface area contributed by atoms with Gasteiger partial charge in [-0.2, -0.15) is 8.42 Å². The van der Waals surface area contributed by atoms with Crippen LogP contribution in [0.1, 0.15) is 0 Å². The molecular weight excluding hydrogens is 452 g/mol. The van der Waals surface area contributed by atoms with Crippen LogP contribution in [0.2, 0.25) is 0 Å². The second-order valence-corrected chi connectivity index (χ2v) is 8.49. The molecule has 0 saturated carbocycles. The topological polar surface area (TPSA) is 124 Å². The molecule has 5 rings (SSSR count). The maximum atomic E-state index is 11.9. The Labute approximate surface area is 189 Å². The molecule has 7 nitrogen and oxygen atoms in total. The standard InChI is InChI=1S/C23H16N2O5S.ClH/c26-18-11-5-9-15-19(31(28,29)30)12-17-21(20(15)18)25-23(24-17)16-10-4-8-14(22(16)27)13-6-2-1-3-7-13;/h1-12,26-27H,(H,24,25)(H,28,29,30);1H. The summed E-state index contributed by atoms with van der Waals surface area (Å²) in [4.78, 5) is 7.20. The lowest BCUT2D eigenvalue weighted by molar-refractivity contribution is 0.478. The molecule has 9 heteroatoms. The van der Waals surface area contributed by atoms with Crippen molar-refractivity contribution in [2.24, 2.45) is 0 Å². The molecule has 0 radical (unpaired) electrons. The Hall–Kier alpha value is -3.59. The number of phenolic OH excluding ortho intramolecular Hbond substituents is 2. The van der Waals surface area contributed by atoms with E-state index in [1.54, 1.807) is 18.2 Å². The molecule has 0 unspecified atom stereocenters. The summed E-state index contributed by atoms with van der Waals surface area (Å²) in [7, 11) is -4.55. The fraction of sp³-hybridized carbons (Fsp3) is 0. The average molecular weight is 469 g/mol. The van der Waals surface area contributed by atoms with Crippen LogP contribution in [0.15, 0.2) is 77.7 Å². The molecule has 0 spiro atoms. The Balaban J connectivity index is 0.00000245. The SMILES string of the molecule is Cl.O=S(=O)(O)c1cc2[nH]c(-c3cccc(-c4ccccc4)c3O)nc2c2c(O)cccc12. The van der Waals surface area contributed by atoms with Crippen molar-refractivity contribution in [3.63, 3.8) is 0 Å². The van der Waals surface area contributed by atoms with E-state index < -0.39 is 10.1 Å². The van der Waals surface area contributed by atoms with Crippen molar-refractivity contribution >= 4 is 44.3 Å². The van der Waals surface area contributed by atoms with Crippen LogP contribution in [0.25, 0.3) is 44.3 Å². The first-order chi connectivity index (χ1) is 14.8. The van der Waals surface area contributed by atoms with E-state index in [0.29, 0.717) is 28.0 Å². The molecule has 1 heterocycles. The largest absolute Gasteiger partial charge is 0.507 e. The van der Waals surface area contributed by atoms with Gasteiger partial charge in [0.25, 0.3) is 10.1 Å². The van der Waals surface area contributed by atoms with E-state index in [0.717, 1.165) is 5.56 Å². The van der Waals surface area contributed by atoms with Crippen LogP contribution < -0.4 is 0 Å². The van der Waals surface area contributed by atoms with Gasteiger partial charge in [0.05, 0.1) is 16.5 Å². The first kappa shape index (κ1) is 21.6. The molecule has 4 aromatic carbocycles. The number of nitrogens with zero attached hydrogens (tertiary/aromatic N) is 1. The monoisotopic (exact) mass is 468 g/mol. The minimum atomic E-state index is -4.55. The van der Waals surface area contributed by atoms with E-state index in [2.05, 4.69) is 9.97 Å². The third-order valence-corrected chi connectivity index (χ3v) is 6.10. The van der Waals surface area contributed by atoms with Crippen LogP contribution in [0.4, 0.5) is 0 Å². The Morgan fingerprint density at radius 2 is 1.53 bits per heavy atom.